The normalized spacial score (nSPS) is 49.8. The molecule has 168 valence electrons. The Morgan fingerprint density at radius 2 is 1.80 bits per heavy atom. The van der Waals surface area contributed by atoms with Crippen LogP contribution in [0.15, 0.2) is 0 Å². The molecule has 5 heteroatoms. The van der Waals surface area contributed by atoms with Gasteiger partial charge in [0.2, 0.25) is 0 Å². The summed E-state index contributed by atoms with van der Waals surface area (Å²) in [7, 11) is 0. The Labute approximate surface area is 181 Å². The van der Waals surface area contributed by atoms with E-state index >= 15 is 0 Å². The van der Waals surface area contributed by atoms with Crippen molar-refractivity contribution < 1.29 is 14.3 Å². The first-order chi connectivity index (χ1) is 14.5. The molecule has 4 aliphatic heterocycles. The number of esters is 1. The molecule has 0 aromatic carbocycles. The second kappa shape index (κ2) is 7.18. The molecular weight excluding hydrogens is 376 g/mol. The molecule has 2 saturated carbocycles. The van der Waals surface area contributed by atoms with Crippen molar-refractivity contribution >= 4 is 5.97 Å². The van der Waals surface area contributed by atoms with Gasteiger partial charge in [0, 0.05) is 23.9 Å². The van der Waals surface area contributed by atoms with Gasteiger partial charge in [0.25, 0.3) is 0 Å². The first-order valence-electron chi connectivity index (χ1n) is 12.9. The first kappa shape index (κ1) is 20.0. The number of carbonyl (C=O) groups excluding carboxylic acids is 1. The molecule has 5 nitrogen and oxygen atoms in total. The van der Waals surface area contributed by atoms with Crippen LogP contribution in [0.5, 0.6) is 0 Å². The van der Waals surface area contributed by atoms with E-state index in [-0.39, 0.29) is 41.0 Å². The number of fused-ring (bicyclic) bond motifs is 2. The Morgan fingerprint density at radius 3 is 2.57 bits per heavy atom. The third kappa shape index (κ3) is 2.87. The molecule has 0 aromatic heterocycles. The third-order valence-electron chi connectivity index (χ3n) is 10.1. The highest BCUT2D eigenvalue weighted by atomic mass is 16.6. The predicted octanol–water partition coefficient (Wildman–Crippen LogP) is 3.46. The van der Waals surface area contributed by atoms with Crippen LogP contribution in [0.25, 0.3) is 0 Å². The van der Waals surface area contributed by atoms with E-state index in [9.17, 15) is 4.79 Å². The highest BCUT2D eigenvalue weighted by Crippen LogP contribution is 2.70. The summed E-state index contributed by atoms with van der Waals surface area (Å²) in [5.74, 6) is 0.970. The Morgan fingerprint density at radius 1 is 1.03 bits per heavy atom. The van der Waals surface area contributed by atoms with Crippen LogP contribution < -0.4 is 0 Å². The maximum absolute atomic E-state index is 13.0. The molecule has 0 amide bonds. The van der Waals surface area contributed by atoms with E-state index in [1.807, 2.05) is 0 Å². The van der Waals surface area contributed by atoms with Gasteiger partial charge >= 0.3 is 5.97 Å². The molecule has 4 saturated heterocycles. The maximum Gasteiger partial charge on any atom is 0.311 e. The molecule has 7 atom stereocenters. The number of hydrogen-bond acceptors (Lipinski definition) is 5. The largest absolute Gasteiger partial charge is 0.462 e. The highest BCUT2D eigenvalue weighted by molar-refractivity contribution is 5.76. The summed E-state index contributed by atoms with van der Waals surface area (Å²) in [6, 6.07) is 0.762. The fraction of sp³-hybridized carbons (Fsp3) is 0.960. The number of rotatable bonds is 3. The zero-order valence-corrected chi connectivity index (χ0v) is 19.0. The summed E-state index contributed by atoms with van der Waals surface area (Å²) >= 11 is 0. The minimum Gasteiger partial charge on any atom is -0.462 e. The molecule has 0 aromatic rings. The summed E-state index contributed by atoms with van der Waals surface area (Å²) < 4.78 is 12.6. The topological polar surface area (TPSA) is 45.3 Å². The van der Waals surface area contributed by atoms with E-state index in [0.29, 0.717) is 5.92 Å². The molecular formula is C25H40N2O3. The number of likely N-dealkylation sites (tertiary alicyclic amines) is 2. The average molecular weight is 417 g/mol. The van der Waals surface area contributed by atoms with Crippen molar-refractivity contribution in [2.75, 3.05) is 32.7 Å². The Bertz CT molecular complexity index is 686. The summed E-state index contributed by atoms with van der Waals surface area (Å²) in [6.45, 7) is 10.5. The van der Waals surface area contributed by atoms with Gasteiger partial charge in [0.1, 0.15) is 11.7 Å². The van der Waals surface area contributed by atoms with Gasteiger partial charge in [0.15, 0.2) is 0 Å². The number of ether oxygens (including phenoxy) is 2. The molecule has 0 unspecified atom stereocenters. The van der Waals surface area contributed by atoms with Gasteiger partial charge in [0.05, 0.1) is 12.0 Å². The van der Waals surface area contributed by atoms with Crippen LogP contribution in [-0.4, -0.2) is 72.3 Å². The Hall–Kier alpha value is -0.650. The monoisotopic (exact) mass is 416 g/mol. The van der Waals surface area contributed by atoms with Crippen molar-refractivity contribution in [2.45, 2.75) is 95.5 Å². The van der Waals surface area contributed by atoms with E-state index in [1.54, 1.807) is 0 Å². The molecule has 6 fully saturated rings. The molecule has 1 spiro atoms. The molecule has 4 heterocycles. The van der Waals surface area contributed by atoms with Crippen molar-refractivity contribution in [3.05, 3.63) is 0 Å². The number of carbonyl (C=O) groups is 1. The standard InChI is InChI=1S/C25H40N2O3/c1-17-7-6-10-24(2)15-20-21(22-25(17,24)30-22)19(23(28)29-20)16-26-13-8-18(9-14-26)27-11-4-3-5-12-27/h17-22H,3-16H2,1-2H3/t17-,19+,20+,21+,22+,24+,25-/m0/s1. The number of piperidine rings is 2. The second-order valence-electron chi connectivity index (χ2n) is 11.7. The molecule has 2 aliphatic carbocycles. The van der Waals surface area contributed by atoms with Crippen LogP contribution in [0.1, 0.15) is 71.6 Å². The van der Waals surface area contributed by atoms with Crippen molar-refractivity contribution in [3.8, 4) is 0 Å². The van der Waals surface area contributed by atoms with Crippen molar-refractivity contribution in [1.29, 1.82) is 0 Å². The summed E-state index contributed by atoms with van der Waals surface area (Å²) in [6.07, 6.45) is 11.8. The molecule has 30 heavy (non-hydrogen) atoms. The summed E-state index contributed by atoms with van der Waals surface area (Å²) in [4.78, 5) is 18.3. The fourth-order valence-corrected chi connectivity index (χ4v) is 8.47. The lowest BCUT2D eigenvalue weighted by Crippen LogP contribution is -2.55. The van der Waals surface area contributed by atoms with Gasteiger partial charge in [-0.1, -0.05) is 26.7 Å². The summed E-state index contributed by atoms with van der Waals surface area (Å²) in [5.41, 5.74) is 0.221. The average Bonchev–Trinajstić information content (AvgIpc) is 3.44. The zero-order valence-electron chi connectivity index (χ0n) is 19.0. The van der Waals surface area contributed by atoms with Crippen molar-refractivity contribution in [1.82, 2.24) is 9.80 Å². The van der Waals surface area contributed by atoms with Gasteiger partial charge < -0.3 is 19.3 Å². The molecule has 0 N–H and O–H groups in total. The first-order valence-corrected chi connectivity index (χ1v) is 12.9. The fourth-order valence-electron chi connectivity index (χ4n) is 8.47. The summed E-state index contributed by atoms with van der Waals surface area (Å²) in [5, 5.41) is 0. The van der Waals surface area contributed by atoms with Crippen molar-refractivity contribution in [2.24, 2.45) is 23.2 Å². The van der Waals surface area contributed by atoms with Gasteiger partial charge in [-0.25, -0.2) is 0 Å². The number of hydrogen-bond donors (Lipinski definition) is 0. The predicted molar refractivity (Wildman–Crippen MR) is 115 cm³/mol. The molecule has 6 rings (SSSR count). The molecule has 0 radical (unpaired) electrons. The lowest BCUT2D eigenvalue weighted by Gasteiger charge is -2.49. The van der Waals surface area contributed by atoms with E-state index in [1.165, 1.54) is 64.5 Å². The SMILES string of the molecule is C[C@H]1CCC[C@]2(C)C[C@H]3OC(=O)[C@H](CN4CCC(N5CCCCC5)CC4)[C@H]3[C@H]3O[C@]312. The third-order valence-corrected chi connectivity index (χ3v) is 10.1. The van der Waals surface area contributed by atoms with Crippen LogP contribution in [-0.2, 0) is 14.3 Å². The zero-order chi connectivity index (χ0) is 20.5. The van der Waals surface area contributed by atoms with Gasteiger partial charge in [-0.15, -0.1) is 0 Å². The van der Waals surface area contributed by atoms with E-state index < -0.39 is 0 Å². The maximum atomic E-state index is 13.0. The highest BCUT2D eigenvalue weighted by Gasteiger charge is 2.78. The Kier molecular flexibility index (Phi) is 4.78. The van der Waals surface area contributed by atoms with Gasteiger partial charge in [-0.2, -0.15) is 0 Å². The lowest BCUT2D eigenvalue weighted by molar-refractivity contribution is -0.146. The smallest absolute Gasteiger partial charge is 0.311 e. The lowest BCUT2D eigenvalue weighted by atomic mass is 9.53. The minimum absolute atomic E-state index is 0.0181. The Balaban J connectivity index is 1.12. The van der Waals surface area contributed by atoms with E-state index in [0.717, 1.165) is 32.1 Å². The van der Waals surface area contributed by atoms with E-state index in [4.69, 9.17) is 9.47 Å². The van der Waals surface area contributed by atoms with Gasteiger partial charge in [-0.05, 0) is 77.0 Å². The van der Waals surface area contributed by atoms with Crippen LogP contribution in [0.2, 0.25) is 0 Å². The van der Waals surface area contributed by atoms with Gasteiger partial charge in [-0.3, -0.25) is 4.79 Å². The van der Waals surface area contributed by atoms with Crippen LogP contribution in [0.3, 0.4) is 0 Å². The number of epoxide rings is 1. The molecule has 6 aliphatic rings. The van der Waals surface area contributed by atoms with Crippen LogP contribution in [0.4, 0.5) is 0 Å². The van der Waals surface area contributed by atoms with Crippen LogP contribution in [0, 0.1) is 23.2 Å². The van der Waals surface area contributed by atoms with Crippen LogP contribution >= 0.6 is 0 Å². The minimum atomic E-state index is 0.0181. The van der Waals surface area contributed by atoms with E-state index in [2.05, 4.69) is 23.6 Å². The second-order valence-corrected chi connectivity index (χ2v) is 11.7. The number of nitrogens with zero attached hydrogens (tertiary/aromatic N) is 2. The quantitative estimate of drug-likeness (QED) is 0.521. The molecule has 0 bridgehead atoms. The van der Waals surface area contributed by atoms with Crippen molar-refractivity contribution in [3.63, 3.8) is 0 Å².